The standard InChI is InChI=1S/C15H15ClN2O3S/c1-7-4-12(19)17-18-14(7)11-5-8-10(22-11)6-9(20-2)15(21-3)13(8)16/h5-7H,4H2,1-3H3,(H,17,19). The first-order chi connectivity index (χ1) is 10.5. The van der Waals surface area contributed by atoms with Crippen LogP contribution in [0, 0.1) is 5.92 Å². The van der Waals surface area contributed by atoms with Crippen LogP contribution in [-0.2, 0) is 4.79 Å². The van der Waals surface area contributed by atoms with Gasteiger partial charge in [0.15, 0.2) is 11.5 Å². The number of methoxy groups -OCH3 is 2. The van der Waals surface area contributed by atoms with Crippen molar-refractivity contribution in [2.45, 2.75) is 13.3 Å². The summed E-state index contributed by atoms with van der Waals surface area (Å²) in [7, 11) is 3.14. The van der Waals surface area contributed by atoms with Crippen LogP contribution in [0.5, 0.6) is 11.5 Å². The minimum absolute atomic E-state index is 0.0567. The lowest BCUT2D eigenvalue weighted by Gasteiger charge is -2.17. The molecular weight excluding hydrogens is 324 g/mol. The van der Waals surface area contributed by atoms with E-state index in [1.54, 1.807) is 25.6 Å². The van der Waals surface area contributed by atoms with E-state index >= 15 is 0 Å². The predicted molar refractivity (Wildman–Crippen MR) is 88.4 cm³/mol. The van der Waals surface area contributed by atoms with E-state index in [2.05, 4.69) is 10.5 Å². The number of nitrogens with zero attached hydrogens (tertiary/aromatic N) is 1. The third-order valence-corrected chi connectivity index (χ3v) is 5.10. The summed E-state index contributed by atoms with van der Waals surface area (Å²) in [6, 6.07) is 3.89. The van der Waals surface area contributed by atoms with Crippen LogP contribution in [-0.4, -0.2) is 25.8 Å². The van der Waals surface area contributed by atoms with E-state index in [0.29, 0.717) is 22.9 Å². The van der Waals surface area contributed by atoms with Crippen molar-refractivity contribution < 1.29 is 14.3 Å². The van der Waals surface area contributed by atoms with Gasteiger partial charge in [-0.3, -0.25) is 4.79 Å². The van der Waals surface area contributed by atoms with Gasteiger partial charge in [-0.2, -0.15) is 5.10 Å². The molecule has 2 aromatic rings. The summed E-state index contributed by atoms with van der Waals surface area (Å²) in [6.07, 6.45) is 0.438. The summed E-state index contributed by atoms with van der Waals surface area (Å²) in [5.74, 6) is 1.14. The fourth-order valence-corrected chi connectivity index (χ4v) is 4.10. The van der Waals surface area contributed by atoms with Gasteiger partial charge >= 0.3 is 0 Å². The molecule has 1 aliphatic rings. The van der Waals surface area contributed by atoms with E-state index in [4.69, 9.17) is 21.1 Å². The van der Waals surface area contributed by atoms with Gasteiger partial charge in [-0.15, -0.1) is 11.3 Å². The molecule has 7 heteroatoms. The van der Waals surface area contributed by atoms with Gasteiger partial charge in [-0.25, -0.2) is 5.43 Å². The van der Waals surface area contributed by atoms with Crippen LogP contribution in [0.15, 0.2) is 17.2 Å². The van der Waals surface area contributed by atoms with Gasteiger partial charge in [0.2, 0.25) is 5.91 Å². The third kappa shape index (κ3) is 2.42. The molecule has 1 aliphatic heterocycles. The molecule has 0 saturated carbocycles. The normalized spacial score (nSPS) is 18.1. The molecule has 0 radical (unpaired) electrons. The van der Waals surface area contributed by atoms with Crippen molar-refractivity contribution in [3.63, 3.8) is 0 Å². The van der Waals surface area contributed by atoms with Gasteiger partial charge in [-0.05, 0) is 6.07 Å². The molecule has 0 aliphatic carbocycles. The lowest BCUT2D eigenvalue weighted by molar-refractivity contribution is -0.121. The minimum Gasteiger partial charge on any atom is -0.493 e. The zero-order chi connectivity index (χ0) is 15.9. The van der Waals surface area contributed by atoms with Crippen molar-refractivity contribution in [3.8, 4) is 11.5 Å². The number of fused-ring (bicyclic) bond motifs is 1. The zero-order valence-corrected chi connectivity index (χ0v) is 14.0. The minimum atomic E-state index is -0.0567. The summed E-state index contributed by atoms with van der Waals surface area (Å²) >= 11 is 8.00. The number of benzene rings is 1. The van der Waals surface area contributed by atoms with Crippen LogP contribution in [0.2, 0.25) is 5.02 Å². The molecule has 116 valence electrons. The van der Waals surface area contributed by atoms with Gasteiger partial charge in [-0.1, -0.05) is 18.5 Å². The number of hydrazone groups is 1. The number of halogens is 1. The Labute approximate surface area is 136 Å². The highest BCUT2D eigenvalue weighted by molar-refractivity contribution is 7.21. The van der Waals surface area contributed by atoms with Crippen molar-refractivity contribution in [2.75, 3.05) is 14.2 Å². The quantitative estimate of drug-likeness (QED) is 0.932. The van der Waals surface area contributed by atoms with Crippen molar-refractivity contribution in [3.05, 3.63) is 22.0 Å². The first-order valence-corrected chi connectivity index (χ1v) is 7.95. The molecule has 3 rings (SSSR count). The van der Waals surface area contributed by atoms with E-state index in [0.717, 1.165) is 20.7 Å². The second kappa shape index (κ2) is 5.78. The molecule has 0 saturated heterocycles. The van der Waals surface area contributed by atoms with Crippen LogP contribution in [0.3, 0.4) is 0 Å². The first-order valence-electron chi connectivity index (χ1n) is 6.76. The molecule has 22 heavy (non-hydrogen) atoms. The second-order valence-electron chi connectivity index (χ2n) is 5.09. The number of rotatable bonds is 3. The molecule has 1 amide bonds. The SMILES string of the molecule is COc1cc2sc(C3=NNC(=O)CC3C)cc2c(Cl)c1OC. The van der Waals surface area contributed by atoms with Gasteiger partial charge in [0, 0.05) is 28.5 Å². The number of carbonyl (C=O) groups is 1. The Balaban J connectivity index is 2.14. The van der Waals surface area contributed by atoms with E-state index < -0.39 is 0 Å². The topological polar surface area (TPSA) is 59.9 Å². The molecule has 1 atom stereocenters. The van der Waals surface area contributed by atoms with Crippen LogP contribution in [0.25, 0.3) is 10.1 Å². The lowest BCUT2D eigenvalue weighted by Crippen LogP contribution is -2.31. The summed E-state index contributed by atoms with van der Waals surface area (Å²) in [6.45, 7) is 1.99. The average Bonchev–Trinajstić information content (AvgIpc) is 2.91. The Bertz CT molecular complexity index is 785. The monoisotopic (exact) mass is 338 g/mol. The van der Waals surface area contributed by atoms with E-state index in [1.165, 1.54) is 0 Å². The average molecular weight is 339 g/mol. The maximum absolute atomic E-state index is 11.4. The highest BCUT2D eigenvalue weighted by Crippen LogP contribution is 2.44. The second-order valence-corrected chi connectivity index (χ2v) is 6.55. The van der Waals surface area contributed by atoms with Gasteiger partial charge in [0.05, 0.1) is 29.8 Å². The molecule has 1 unspecified atom stereocenters. The summed E-state index contributed by atoms with van der Waals surface area (Å²) in [4.78, 5) is 12.4. The highest BCUT2D eigenvalue weighted by Gasteiger charge is 2.24. The van der Waals surface area contributed by atoms with Crippen LogP contribution in [0.1, 0.15) is 18.2 Å². The van der Waals surface area contributed by atoms with Crippen molar-refractivity contribution in [2.24, 2.45) is 11.0 Å². The molecule has 1 aromatic carbocycles. The Kier molecular flexibility index (Phi) is 3.97. The van der Waals surface area contributed by atoms with Gasteiger partial charge in [0.1, 0.15) is 0 Å². The Morgan fingerprint density at radius 2 is 2.14 bits per heavy atom. The lowest BCUT2D eigenvalue weighted by atomic mass is 9.99. The number of carbonyl (C=O) groups excluding carboxylic acids is 1. The van der Waals surface area contributed by atoms with Gasteiger partial charge < -0.3 is 9.47 Å². The Hall–Kier alpha value is -1.79. The predicted octanol–water partition coefficient (Wildman–Crippen LogP) is 3.43. The fraction of sp³-hybridized carbons (Fsp3) is 0.333. The van der Waals surface area contributed by atoms with E-state index in [1.807, 2.05) is 19.1 Å². The number of hydrogen-bond donors (Lipinski definition) is 1. The largest absolute Gasteiger partial charge is 0.493 e. The van der Waals surface area contributed by atoms with Crippen molar-refractivity contribution in [1.29, 1.82) is 0 Å². The van der Waals surface area contributed by atoms with E-state index in [9.17, 15) is 4.79 Å². The maximum Gasteiger partial charge on any atom is 0.240 e. The number of hydrogen-bond acceptors (Lipinski definition) is 5. The molecule has 0 spiro atoms. The number of nitrogens with one attached hydrogen (secondary N) is 1. The van der Waals surface area contributed by atoms with Crippen LogP contribution >= 0.6 is 22.9 Å². The molecule has 1 aromatic heterocycles. The number of amides is 1. The molecule has 2 heterocycles. The highest BCUT2D eigenvalue weighted by atomic mass is 35.5. The Morgan fingerprint density at radius 3 is 2.77 bits per heavy atom. The maximum atomic E-state index is 11.4. The molecule has 0 fully saturated rings. The van der Waals surface area contributed by atoms with E-state index in [-0.39, 0.29) is 11.8 Å². The van der Waals surface area contributed by atoms with Crippen molar-refractivity contribution in [1.82, 2.24) is 5.43 Å². The van der Waals surface area contributed by atoms with Gasteiger partial charge in [0.25, 0.3) is 0 Å². The molecule has 1 N–H and O–H groups in total. The molecule has 0 bridgehead atoms. The first kappa shape index (κ1) is 15.1. The number of thiophene rings is 1. The summed E-state index contributed by atoms with van der Waals surface area (Å²) < 4.78 is 11.6. The summed E-state index contributed by atoms with van der Waals surface area (Å²) in [5, 5.41) is 5.61. The fourth-order valence-electron chi connectivity index (χ4n) is 2.52. The zero-order valence-electron chi connectivity index (χ0n) is 12.4. The Morgan fingerprint density at radius 1 is 1.36 bits per heavy atom. The summed E-state index contributed by atoms with van der Waals surface area (Å²) in [5.41, 5.74) is 3.41. The smallest absolute Gasteiger partial charge is 0.240 e. The van der Waals surface area contributed by atoms with Crippen LogP contribution in [0.4, 0.5) is 0 Å². The molecule has 5 nitrogen and oxygen atoms in total. The third-order valence-electron chi connectivity index (χ3n) is 3.62. The van der Waals surface area contributed by atoms with Crippen molar-refractivity contribution >= 4 is 44.6 Å². The number of ether oxygens (including phenoxy) is 2. The molecular formula is C15H15ClN2O3S. The van der Waals surface area contributed by atoms with Crippen LogP contribution < -0.4 is 14.9 Å².